The van der Waals surface area contributed by atoms with E-state index >= 15 is 0 Å². The Morgan fingerprint density at radius 2 is 1.85 bits per heavy atom. The normalized spacial score (nSPS) is 19.9. The summed E-state index contributed by atoms with van der Waals surface area (Å²) in [7, 11) is 3.84. The molecular weight excluding hydrogens is 330 g/mol. The Morgan fingerprint density at radius 1 is 1.12 bits per heavy atom. The Morgan fingerprint density at radius 3 is 2.38 bits per heavy atom. The van der Waals surface area contributed by atoms with Crippen LogP contribution in [0.5, 0.6) is 0 Å². The number of ether oxygens (including phenoxy) is 1. The summed E-state index contributed by atoms with van der Waals surface area (Å²) >= 11 is 0. The maximum Gasteiger partial charge on any atom is 0.257 e. The fourth-order valence-corrected chi connectivity index (χ4v) is 3.00. The number of anilines is 3. The Labute approximate surface area is 154 Å². The van der Waals surface area contributed by atoms with Gasteiger partial charge in [-0.3, -0.25) is 4.79 Å². The Kier molecular flexibility index (Phi) is 5.37. The lowest BCUT2D eigenvalue weighted by Crippen LogP contribution is -2.45. The lowest BCUT2D eigenvalue weighted by Gasteiger charge is -2.36. The topological polar surface area (TPSA) is 70.6 Å². The SMILES string of the molecule is CC1CN(c2ccc(C(=O)Nc3ccc(N(C)C)nc3)cn2)CC(C)O1. The van der Waals surface area contributed by atoms with Gasteiger partial charge in [0.05, 0.1) is 29.7 Å². The van der Waals surface area contributed by atoms with Crippen molar-refractivity contribution in [1.29, 1.82) is 0 Å². The van der Waals surface area contributed by atoms with E-state index in [1.165, 1.54) is 0 Å². The molecule has 1 aliphatic rings. The maximum atomic E-state index is 12.4. The van der Waals surface area contributed by atoms with Crippen LogP contribution in [0, 0.1) is 0 Å². The van der Waals surface area contributed by atoms with Crippen LogP contribution in [0.15, 0.2) is 36.7 Å². The molecule has 0 bridgehead atoms. The highest BCUT2D eigenvalue weighted by molar-refractivity contribution is 6.04. The average molecular weight is 355 g/mol. The number of pyridine rings is 2. The van der Waals surface area contributed by atoms with Crippen molar-refractivity contribution in [2.24, 2.45) is 0 Å². The molecule has 2 unspecified atom stereocenters. The molecule has 2 aromatic rings. The summed E-state index contributed by atoms with van der Waals surface area (Å²) in [5.74, 6) is 1.50. The molecule has 7 heteroatoms. The van der Waals surface area contributed by atoms with Crippen LogP contribution in [0.3, 0.4) is 0 Å². The number of hydrogen-bond acceptors (Lipinski definition) is 6. The molecule has 1 amide bonds. The van der Waals surface area contributed by atoms with E-state index in [4.69, 9.17) is 4.74 Å². The molecule has 2 atom stereocenters. The lowest BCUT2D eigenvalue weighted by molar-refractivity contribution is -0.00546. The largest absolute Gasteiger partial charge is 0.372 e. The first-order chi connectivity index (χ1) is 12.4. The van der Waals surface area contributed by atoms with Crippen molar-refractivity contribution < 1.29 is 9.53 Å². The molecule has 3 heterocycles. The van der Waals surface area contributed by atoms with Crippen molar-refractivity contribution >= 4 is 23.2 Å². The fourth-order valence-electron chi connectivity index (χ4n) is 3.00. The van der Waals surface area contributed by atoms with Crippen LogP contribution in [0.4, 0.5) is 17.3 Å². The molecule has 0 spiro atoms. The quantitative estimate of drug-likeness (QED) is 0.908. The molecule has 1 N–H and O–H groups in total. The minimum atomic E-state index is -0.202. The Bertz CT molecular complexity index is 736. The number of nitrogens with one attached hydrogen (secondary N) is 1. The van der Waals surface area contributed by atoms with Gasteiger partial charge in [-0.15, -0.1) is 0 Å². The molecule has 26 heavy (non-hydrogen) atoms. The van der Waals surface area contributed by atoms with E-state index in [0.717, 1.165) is 24.7 Å². The summed E-state index contributed by atoms with van der Waals surface area (Å²) in [6.07, 6.45) is 3.59. The Hall–Kier alpha value is -2.67. The van der Waals surface area contributed by atoms with Gasteiger partial charge >= 0.3 is 0 Å². The predicted octanol–water partition coefficient (Wildman–Crippen LogP) is 2.41. The van der Waals surface area contributed by atoms with E-state index in [1.807, 2.05) is 37.2 Å². The van der Waals surface area contributed by atoms with Crippen LogP contribution in [0.1, 0.15) is 24.2 Å². The monoisotopic (exact) mass is 355 g/mol. The molecule has 0 aliphatic carbocycles. The summed E-state index contributed by atoms with van der Waals surface area (Å²) in [4.78, 5) is 25.2. The molecule has 1 aliphatic heterocycles. The third kappa shape index (κ3) is 4.29. The molecule has 3 rings (SSSR count). The summed E-state index contributed by atoms with van der Waals surface area (Å²) in [6, 6.07) is 7.37. The molecule has 0 radical (unpaired) electrons. The molecule has 1 fully saturated rings. The summed E-state index contributed by atoms with van der Waals surface area (Å²) in [5.41, 5.74) is 1.17. The zero-order chi connectivity index (χ0) is 18.7. The van der Waals surface area contributed by atoms with Crippen molar-refractivity contribution in [3.63, 3.8) is 0 Å². The van der Waals surface area contributed by atoms with Crippen LogP contribution < -0.4 is 15.1 Å². The zero-order valence-electron chi connectivity index (χ0n) is 15.6. The molecule has 0 aromatic carbocycles. The summed E-state index contributed by atoms with van der Waals surface area (Å²) < 4.78 is 5.75. The van der Waals surface area contributed by atoms with Gasteiger partial charge in [0.1, 0.15) is 11.6 Å². The number of nitrogens with zero attached hydrogens (tertiary/aromatic N) is 4. The zero-order valence-corrected chi connectivity index (χ0v) is 15.6. The van der Waals surface area contributed by atoms with Gasteiger partial charge < -0.3 is 19.9 Å². The third-order valence-electron chi connectivity index (χ3n) is 4.22. The standard InChI is InChI=1S/C19H25N5O2/c1-13-11-24(12-14(2)26-13)18-7-5-15(9-20-18)19(25)22-16-6-8-17(21-10-16)23(3)4/h5-10,13-14H,11-12H2,1-4H3,(H,22,25). The van der Waals surface area contributed by atoms with Gasteiger partial charge in [-0.2, -0.15) is 0 Å². The van der Waals surface area contributed by atoms with Gasteiger partial charge in [0, 0.05) is 33.4 Å². The van der Waals surface area contributed by atoms with E-state index in [9.17, 15) is 4.79 Å². The minimum Gasteiger partial charge on any atom is -0.372 e. The summed E-state index contributed by atoms with van der Waals surface area (Å²) in [5, 5.41) is 2.84. The smallest absolute Gasteiger partial charge is 0.257 e. The van der Waals surface area contributed by atoms with Gasteiger partial charge in [0.2, 0.25) is 0 Å². The van der Waals surface area contributed by atoms with E-state index in [-0.39, 0.29) is 18.1 Å². The van der Waals surface area contributed by atoms with Crippen LogP contribution >= 0.6 is 0 Å². The van der Waals surface area contributed by atoms with E-state index in [0.29, 0.717) is 11.3 Å². The maximum absolute atomic E-state index is 12.4. The first kappa shape index (κ1) is 18.1. The van der Waals surface area contributed by atoms with E-state index in [2.05, 4.69) is 34.0 Å². The fraction of sp³-hybridized carbons (Fsp3) is 0.421. The highest BCUT2D eigenvalue weighted by Gasteiger charge is 2.23. The van der Waals surface area contributed by atoms with Crippen molar-refractivity contribution in [3.8, 4) is 0 Å². The number of amides is 1. The lowest BCUT2D eigenvalue weighted by atomic mass is 10.2. The third-order valence-corrected chi connectivity index (χ3v) is 4.22. The predicted molar refractivity (Wildman–Crippen MR) is 103 cm³/mol. The van der Waals surface area contributed by atoms with Gasteiger partial charge in [-0.05, 0) is 38.1 Å². The second-order valence-electron chi connectivity index (χ2n) is 6.82. The van der Waals surface area contributed by atoms with Gasteiger partial charge in [0.15, 0.2) is 0 Å². The number of carbonyl (C=O) groups excluding carboxylic acids is 1. The minimum absolute atomic E-state index is 0.168. The van der Waals surface area contributed by atoms with Crippen LogP contribution in [-0.4, -0.2) is 55.3 Å². The van der Waals surface area contributed by atoms with Gasteiger partial charge in [-0.25, -0.2) is 9.97 Å². The highest BCUT2D eigenvalue weighted by atomic mass is 16.5. The number of morpholine rings is 1. The molecule has 7 nitrogen and oxygen atoms in total. The number of aromatic nitrogens is 2. The second-order valence-corrected chi connectivity index (χ2v) is 6.82. The first-order valence-corrected chi connectivity index (χ1v) is 8.73. The summed E-state index contributed by atoms with van der Waals surface area (Å²) in [6.45, 7) is 5.71. The van der Waals surface area contributed by atoms with Crippen molar-refractivity contribution in [1.82, 2.24) is 9.97 Å². The number of hydrogen-bond donors (Lipinski definition) is 1. The van der Waals surface area contributed by atoms with Gasteiger partial charge in [0.25, 0.3) is 5.91 Å². The van der Waals surface area contributed by atoms with Crippen molar-refractivity contribution in [3.05, 3.63) is 42.2 Å². The van der Waals surface area contributed by atoms with E-state index < -0.39 is 0 Å². The number of carbonyl (C=O) groups is 1. The second kappa shape index (κ2) is 7.70. The van der Waals surface area contributed by atoms with Crippen LogP contribution in [0.25, 0.3) is 0 Å². The van der Waals surface area contributed by atoms with Crippen LogP contribution in [0.2, 0.25) is 0 Å². The molecule has 1 saturated heterocycles. The highest BCUT2D eigenvalue weighted by Crippen LogP contribution is 2.19. The van der Waals surface area contributed by atoms with Crippen molar-refractivity contribution in [2.45, 2.75) is 26.1 Å². The molecule has 138 valence electrons. The van der Waals surface area contributed by atoms with Crippen molar-refractivity contribution in [2.75, 3.05) is 42.3 Å². The number of rotatable bonds is 4. The average Bonchev–Trinajstić information content (AvgIpc) is 2.61. The Balaban J connectivity index is 1.65. The molecule has 2 aromatic heterocycles. The molecular formula is C19H25N5O2. The van der Waals surface area contributed by atoms with Crippen LogP contribution in [-0.2, 0) is 4.74 Å². The van der Waals surface area contributed by atoms with E-state index in [1.54, 1.807) is 18.5 Å². The molecule has 0 saturated carbocycles. The van der Waals surface area contributed by atoms with Gasteiger partial charge in [-0.1, -0.05) is 0 Å². The first-order valence-electron chi connectivity index (χ1n) is 8.73.